The first-order valence-corrected chi connectivity index (χ1v) is 11.2. The van der Waals surface area contributed by atoms with Gasteiger partial charge in [-0.05, 0) is 41.8 Å². The number of carbonyl (C=O) groups is 1. The maximum atomic E-state index is 13.7. The first kappa shape index (κ1) is 22.7. The Morgan fingerprint density at radius 3 is 2.48 bits per heavy atom. The second kappa shape index (κ2) is 10.5. The standard InChI is InChI=1S/C28H29FN2O2/c1-20-7-9-21(10-8-20)18-31-19-26(24-5-3-4-6-27(24)31)25(17-28(32)30-15-16-33-2)22-11-13-23(29)14-12-22/h3-14,19,25H,15-18H2,1-2H3,(H,30,32). The molecule has 1 amide bonds. The number of ether oxygens (including phenoxy) is 1. The van der Waals surface area contributed by atoms with Crippen molar-refractivity contribution in [1.82, 2.24) is 9.88 Å². The van der Waals surface area contributed by atoms with E-state index in [1.54, 1.807) is 19.2 Å². The molecule has 1 aromatic heterocycles. The number of rotatable bonds is 9. The van der Waals surface area contributed by atoms with E-state index in [-0.39, 0.29) is 24.1 Å². The van der Waals surface area contributed by atoms with E-state index in [2.05, 4.69) is 59.4 Å². The summed E-state index contributed by atoms with van der Waals surface area (Å²) in [6.45, 7) is 3.73. The number of aryl methyl sites for hydroxylation is 1. The highest BCUT2D eigenvalue weighted by molar-refractivity contribution is 5.86. The van der Waals surface area contributed by atoms with Crippen LogP contribution in [0.1, 0.15) is 34.6 Å². The van der Waals surface area contributed by atoms with Crippen LogP contribution in [0, 0.1) is 12.7 Å². The SMILES string of the molecule is COCCNC(=O)CC(c1ccc(F)cc1)c1cn(Cc2ccc(C)cc2)c2ccccc12. The minimum Gasteiger partial charge on any atom is -0.383 e. The molecule has 4 aromatic rings. The molecule has 1 N–H and O–H groups in total. The van der Waals surface area contributed by atoms with Gasteiger partial charge in [0.25, 0.3) is 0 Å². The number of benzene rings is 3. The maximum absolute atomic E-state index is 13.7. The Morgan fingerprint density at radius 2 is 1.76 bits per heavy atom. The third-order valence-corrected chi connectivity index (χ3v) is 5.96. The molecule has 33 heavy (non-hydrogen) atoms. The van der Waals surface area contributed by atoms with E-state index < -0.39 is 0 Å². The Balaban J connectivity index is 1.73. The van der Waals surface area contributed by atoms with Gasteiger partial charge in [0.2, 0.25) is 5.91 Å². The number of amides is 1. The van der Waals surface area contributed by atoms with Crippen LogP contribution in [0.2, 0.25) is 0 Å². The number of fused-ring (bicyclic) bond motifs is 1. The zero-order valence-corrected chi connectivity index (χ0v) is 19.1. The third kappa shape index (κ3) is 5.49. The Labute approximate surface area is 194 Å². The molecule has 0 spiro atoms. The summed E-state index contributed by atoms with van der Waals surface area (Å²) in [6.07, 6.45) is 2.41. The summed E-state index contributed by atoms with van der Waals surface area (Å²) in [4.78, 5) is 12.8. The highest BCUT2D eigenvalue weighted by atomic mass is 19.1. The average Bonchev–Trinajstić information content (AvgIpc) is 3.18. The van der Waals surface area contributed by atoms with Gasteiger partial charge in [-0.25, -0.2) is 4.39 Å². The Morgan fingerprint density at radius 1 is 1.03 bits per heavy atom. The van der Waals surface area contributed by atoms with Gasteiger partial charge in [0.15, 0.2) is 0 Å². The molecule has 1 heterocycles. The number of hydrogen-bond acceptors (Lipinski definition) is 2. The predicted octanol–water partition coefficient (Wildman–Crippen LogP) is 5.42. The van der Waals surface area contributed by atoms with Gasteiger partial charge in [-0.2, -0.15) is 0 Å². The van der Waals surface area contributed by atoms with E-state index in [9.17, 15) is 9.18 Å². The molecular weight excluding hydrogens is 415 g/mol. The van der Waals surface area contributed by atoms with E-state index in [4.69, 9.17) is 4.74 Å². The molecule has 5 heteroatoms. The third-order valence-electron chi connectivity index (χ3n) is 5.96. The van der Waals surface area contributed by atoms with Crippen molar-refractivity contribution in [1.29, 1.82) is 0 Å². The maximum Gasteiger partial charge on any atom is 0.221 e. The van der Waals surface area contributed by atoms with E-state index in [1.807, 2.05) is 12.1 Å². The highest BCUT2D eigenvalue weighted by Gasteiger charge is 2.23. The van der Waals surface area contributed by atoms with Gasteiger partial charge in [0, 0.05) is 49.6 Å². The van der Waals surface area contributed by atoms with E-state index in [0.29, 0.717) is 13.2 Å². The van der Waals surface area contributed by atoms with Crippen LogP contribution >= 0.6 is 0 Å². The Hall–Kier alpha value is -3.44. The molecule has 0 radical (unpaired) electrons. The van der Waals surface area contributed by atoms with Gasteiger partial charge >= 0.3 is 0 Å². The molecule has 0 saturated carbocycles. The minimum absolute atomic E-state index is 0.0586. The Bertz CT molecular complexity index is 1210. The zero-order valence-electron chi connectivity index (χ0n) is 19.1. The second-order valence-corrected chi connectivity index (χ2v) is 8.37. The summed E-state index contributed by atoms with van der Waals surface area (Å²) in [5, 5.41) is 4.02. The molecule has 0 aliphatic rings. The van der Waals surface area contributed by atoms with Crippen LogP contribution in [-0.2, 0) is 16.1 Å². The highest BCUT2D eigenvalue weighted by Crippen LogP contribution is 2.35. The number of hydrogen-bond donors (Lipinski definition) is 1. The van der Waals surface area contributed by atoms with Crippen molar-refractivity contribution in [2.75, 3.05) is 20.3 Å². The van der Waals surface area contributed by atoms with Gasteiger partial charge < -0.3 is 14.6 Å². The van der Waals surface area contributed by atoms with Crippen LogP contribution in [0.5, 0.6) is 0 Å². The lowest BCUT2D eigenvalue weighted by Crippen LogP contribution is -2.28. The molecule has 170 valence electrons. The van der Waals surface area contributed by atoms with Gasteiger partial charge in [-0.15, -0.1) is 0 Å². The van der Waals surface area contributed by atoms with Crippen molar-refractivity contribution < 1.29 is 13.9 Å². The van der Waals surface area contributed by atoms with E-state index in [1.165, 1.54) is 23.3 Å². The van der Waals surface area contributed by atoms with Crippen molar-refractivity contribution in [2.24, 2.45) is 0 Å². The summed E-state index contributed by atoms with van der Waals surface area (Å²) in [5.74, 6) is -0.544. The minimum atomic E-state index is -0.288. The fraction of sp³-hybridized carbons (Fsp3) is 0.250. The average molecular weight is 445 g/mol. The quantitative estimate of drug-likeness (QED) is 0.350. The number of para-hydroxylation sites is 1. The molecule has 4 rings (SSSR count). The Kier molecular flexibility index (Phi) is 7.20. The number of nitrogens with zero attached hydrogens (tertiary/aromatic N) is 1. The summed E-state index contributed by atoms with van der Waals surface area (Å²) >= 11 is 0. The number of nitrogens with one attached hydrogen (secondary N) is 1. The molecule has 1 unspecified atom stereocenters. The summed E-state index contributed by atoms with van der Waals surface area (Å²) in [7, 11) is 1.61. The lowest BCUT2D eigenvalue weighted by Gasteiger charge is -2.17. The van der Waals surface area contributed by atoms with Gasteiger partial charge in [0.05, 0.1) is 6.61 Å². The van der Waals surface area contributed by atoms with E-state index >= 15 is 0 Å². The molecule has 1 atom stereocenters. The largest absolute Gasteiger partial charge is 0.383 e. The zero-order chi connectivity index (χ0) is 23.2. The topological polar surface area (TPSA) is 43.3 Å². The molecule has 3 aromatic carbocycles. The number of aromatic nitrogens is 1. The van der Waals surface area contributed by atoms with Crippen molar-refractivity contribution in [3.63, 3.8) is 0 Å². The van der Waals surface area contributed by atoms with Gasteiger partial charge in [-0.1, -0.05) is 60.2 Å². The van der Waals surface area contributed by atoms with Crippen LogP contribution < -0.4 is 5.32 Å². The molecule has 0 aliphatic heterocycles. The van der Waals surface area contributed by atoms with Crippen molar-refractivity contribution in [3.8, 4) is 0 Å². The fourth-order valence-electron chi connectivity index (χ4n) is 4.23. The van der Waals surface area contributed by atoms with Crippen LogP contribution in [0.3, 0.4) is 0 Å². The van der Waals surface area contributed by atoms with E-state index in [0.717, 1.165) is 28.6 Å². The van der Waals surface area contributed by atoms with Crippen LogP contribution in [0.25, 0.3) is 10.9 Å². The smallest absolute Gasteiger partial charge is 0.221 e. The summed E-state index contributed by atoms with van der Waals surface area (Å²) in [5.41, 5.74) is 5.53. The van der Waals surface area contributed by atoms with Gasteiger partial charge in [-0.3, -0.25) is 4.79 Å². The van der Waals surface area contributed by atoms with Crippen LogP contribution in [-0.4, -0.2) is 30.7 Å². The first-order chi connectivity index (χ1) is 16.0. The second-order valence-electron chi connectivity index (χ2n) is 8.37. The molecular formula is C28H29FN2O2. The number of methoxy groups -OCH3 is 1. The number of carbonyl (C=O) groups excluding carboxylic acids is 1. The molecule has 0 saturated heterocycles. The molecule has 0 fully saturated rings. The number of halogens is 1. The van der Waals surface area contributed by atoms with Crippen molar-refractivity contribution >= 4 is 16.8 Å². The summed E-state index contributed by atoms with van der Waals surface area (Å²) in [6, 6.07) is 23.2. The predicted molar refractivity (Wildman–Crippen MR) is 130 cm³/mol. The normalized spacial score (nSPS) is 12.1. The lowest BCUT2D eigenvalue weighted by atomic mass is 9.88. The monoisotopic (exact) mass is 444 g/mol. The molecule has 0 aliphatic carbocycles. The fourth-order valence-corrected chi connectivity index (χ4v) is 4.23. The van der Waals surface area contributed by atoms with Gasteiger partial charge in [0.1, 0.15) is 5.82 Å². The summed E-state index contributed by atoms with van der Waals surface area (Å²) < 4.78 is 20.9. The lowest BCUT2D eigenvalue weighted by molar-refractivity contribution is -0.121. The van der Waals surface area contributed by atoms with Crippen LogP contribution in [0.4, 0.5) is 4.39 Å². The van der Waals surface area contributed by atoms with Crippen molar-refractivity contribution in [2.45, 2.75) is 25.8 Å². The van der Waals surface area contributed by atoms with Crippen LogP contribution in [0.15, 0.2) is 79.0 Å². The van der Waals surface area contributed by atoms with Crippen molar-refractivity contribution in [3.05, 3.63) is 107 Å². The first-order valence-electron chi connectivity index (χ1n) is 11.2. The molecule has 0 bridgehead atoms. The molecule has 4 nitrogen and oxygen atoms in total.